The number of para-hydroxylation sites is 2. The van der Waals surface area contributed by atoms with E-state index in [9.17, 15) is 14.0 Å². The van der Waals surface area contributed by atoms with Crippen molar-refractivity contribution in [2.45, 2.75) is 26.8 Å². The lowest BCUT2D eigenvalue weighted by Gasteiger charge is -2.36. The first-order chi connectivity index (χ1) is 18.3. The number of pyridine rings is 1. The Kier molecular flexibility index (Phi) is 7.51. The van der Waals surface area contributed by atoms with Crippen LogP contribution in [0.2, 0.25) is 0 Å². The van der Waals surface area contributed by atoms with Crippen molar-refractivity contribution in [2.24, 2.45) is 13.0 Å². The van der Waals surface area contributed by atoms with Crippen molar-refractivity contribution < 1.29 is 9.18 Å². The van der Waals surface area contributed by atoms with Crippen molar-refractivity contribution in [1.29, 1.82) is 0 Å². The fourth-order valence-electron chi connectivity index (χ4n) is 5.55. The number of nitrogens with zero attached hydrogens (tertiary/aromatic N) is 4. The zero-order valence-electron chi connectivity index (χ0n) is 22.4. The second-order valence-corrected chi connectivity index (χ2v) is 10.6. The lowest BCUT2D eigenvalue weighted by molar-refractivity contribution is 0.0952. The van der Waals surface area contributed by atoms with Gasteiger partial charge in [0, 0.05) is 68.8 Å². The molecular formula is C30H36FN5O2. The van der Waals surface area contributed by atoms with Crippen LogP contribution in [-0.4, -0.2) is 59.2 Å². The molecule has 1 fully saturated rings. The molecule has 1 amide bonds. The number of rotatable bonds is 8. The van der Waals surface area contributed by atoms with E-state index in [4.69, 9.17) is 0 Å². The second kappa shape index (κ2) is 11.0. The summed E-state index contributed by atoms with van der Waals surface area (Å²) >= 11 is 0. The number of anilines is 1. The van der Waals surface area contributed by atoms with Gasteiger partial charge in [0.2, 0.25) is 0 Å². The first-order valence-electron chi connectivity index (χ1n) is 13.5. The van der Waals surface area contributed by atoms with E-state index in [0.717, 1.165) is 55.4 Å². The molecular weight excluding hydrogens is 481 g/mol. The minimum atomic E-state index is -0.177. The van der Waals surface area contributed by atoms with Gasteiger partial charge in [-0.05, 0) is 37.1 Å². The van der Waals surface area contributed by atoms with E-state index in [1.54, 1.807) is 16.8 Å². The van der Waals surface area contributed by atoms with Crippen molar-refractivity contribution in [2.75, 3.05) is 44.2 Å². The highest BCUT2D eigenvalue weighted by Crippen LogP contribution is 2.29. The number of halogens is 1. The molecule has 0 aliphatic carbocycles. The fourth-order valence-corrected chi connectivity index (χ4v) is 5.55. The minimum absolute atomic E-state index is 0.0709. The van der Waals surface area contributed by atoms with E-state index in [1.807, 2.05) is 48.0 Å². The number of benzene rings is 2. The van der Waals surface area contributed by atoms with Crippen molar-refractivity contribution in [3.05, 3.63) is 76.5 Å². The molecule has 38 heavy (non-hydrogen) atoms. The molecule has 3 heterocycles. The molecule has 0 spiro atoms. The molecule has 1 saturated heterocycles. The van der Waals surface area contributed by atoms with E-state index in [-0.39, 0.29) is 23.2 Å². The smallest absolute Gasteiger partial charge is 0.275 e. The molecule has 0 bridgehead atoms. The highest BCUT2D eigenvalue weighted by atomic mass is 19.1. The van der Waals surface area contributed by atoms with Gasteiger partial charge in [0.1, 0.15) is 11.3 Å². The van der Waals surface area contributed by atoms with Crippen molar-refractivity contribution in [3.63, 3.8) is 0 Å². The number of carbonyl (C=O) groups is 1. The number of aryl methyl sites for hydroxylation is 1. The molecule has 0 atom stereocenters. The minimum Gasteiger partial charge on any atom is -0.367 e. The van der Waals surface area contributed by atoms with E-state index in [1.165, 1.54) is 6.07 Å². The molecule has 4 aromatic rings. The zero-order valence-corrected chi connectivity index (χ0v) is 22.4. The van der Waals surface area contributed by atoms with Crippen LogP contribution in [0.4, 0.5) is 10.1 Å². The number of hydrogen-bond acceptors (Lipinski definition) is 4. The summed E-state index contributed by atoms with van der Waals surface area (Å²) in [6, 6.07) is 14.8. The van der Waals surface area contributed by atoms with Crippen LogP contribution in [0.1, 0.15) is 30.6 Å². The maximum atomic E-state index is 14.1. The number of piperazine rings is 1. The summed E-state index contributed by atoms with van der Waals surface area (Å²) in [7, 11) is 1.89. The highest BCUT2D eigenvalue weighted by molar-refractivity contribution is 6.17. The van der Waals surface area contributed by atoms with E-state index >= 15 is 0 Å². The molecule has 2 aromatic carbocycles. The van der Waals surface area contributed by atoms with Crippen LogP contribution in [-0.2, 0) is 13.6 Å². The normalized spacial score (nSPS) is 14.6. The summed E-state index contributed by atoms with van der Waals surface area (Å²) in [5.74, 6) is -0.0634. The van der Waals surface area contributed by atoms with E-state index < -0.39 is 0 Å². The molecule has 2 aromatic heterocycles. The van der Waals surface area contributed by atoms with Gasteiger partial charge in [0.15, 0.2) is 0 Å². The van der Waals surface area contributed by atoms with Crippen molar-refractivity contribution >= 4 is 33.4 Å². The molecule has 0 unspecified atom stereocenters. The second-order valence-electron chi connectivity index (χ2n) is 10.6. The average Bonchev–Trinajstić information content (AvgIpc) is 3.21. The summed E-state index contributed by atoms with van der Waals surface area (Å²) in [5, 5.41) is 4.73. The Labute approximate surface area is 222 Å². The van der Waals surface area contributed by atoms with E-state index in [0.29, 0.717) is 29.9 Å². The number of aromatic nitrogens is 2. The SMILES string of the molecule is CC(C)Cn1cc(C(=O)NCCCN2CCN(c3ccccc3F)CC2)c2c3ccccc3n(C)c2c1=O. The highest BCUT2D eigenvalue weighted by Gasteiger charge is 2.22. The third-order valence-corrected chi connectivity index (χ3v) is 7.43. The molecule has 0 radical (unpaired) electrons. The van der Waals surface area contributed by atoms with Crippen molar-refractivity contribution in [1.82, 2.24) is 19.4 Å². The van der Waals surface area contributed by atoms with Gasteiger partial charge in [-0.2, -0.15) is 0 Å². The Morgan fingerprint density at radius 1 is 1.03 bits per heavy atom. The van der Waals surface area contributed by atoms with Gasteiger partial charge in [-0.25, -0.2) is 4.39 Å². The Morgan fingerprint density at radius 2 is 1.74 bits per heavy atom. The molecule has 1 aliphatic rings. The van der Waals surface area contributed by atoms with Gasteiger partial charge in [0.25, 0.3) is 11.5 Å². The van der Waals surface area contributed by atoms with Crippen LogP contribution in [0.5, 0.6) is 0 Å². The summed E-state index contributed by atoms with van der Waals surface area (Å²) in [4.78, 5) is 31.3. The predicted molar refractivity (Wildman–Crippen MR) is 152 cm³/mol. The van der Waals surface area contributed by atoms with Crippen LogP contribution in [0.15, 0.2) is 59.5 Å². The van der Waals surface area contributed by atoms with Crippen LogP contribution in [0, 0.1) is 11.7 Å². The monoisotopic (exact) mass is 517 g/mol. The quantitative estimate of drug-likeness (QED) is 0.356. The summed E-state index contributed by atoms with van der Waals surface area (Å²) in [5.41, 5.74) is 2.63. The van der Waals surface area contributed by atoms with Crippen LogP contribution >= 0.6 is 0 Å². The maximum absolute atomic E-state index is 14.1. The molecule has 1 aliphatic heterocycles. The van der Waals surface area contributed by atoms with Crippen molar-refractivity contribution in [3.8, 4) is 0 Å². The van der Waals surface area contributed by atoms with Gasteiger partial charge in [0.05, 0.1) is 11.3 Å². The Hall–Kier alpha value is -3.65. The Bertz CT molecular complexity index is 1510. The topological polar surface area (TPSA) is 62.5 Å². The largest absolute Gasteiger partial charge is 0.367 e. The zero-order chi connectivity index (χ0) is 26.8. The fraction of sp³-hybridized carbons (Fsp3) is 0.400. The van der Waals surface area contributed by atoms with Crippen LogP contribution in [0.3, 0.4) is 0 Å². The summed E-state index contributed by atoms with van der Waals surface area (Å²) < 4.78 is 17.7. The van der Waals surface area contributed by atoms with Gasteiger partial charge in [-0.3, -0.25) is 14.5 Å². The molecule has 0 saturated carbocycles. The Morgan fingerprint density at radius 3 is 2.47 bits per heavy atom. The van der Waals surface area contributed by atoms with Gasteiger partial charge in [-0.1, -0.05) is 44.2 Å². The molecule has 1 N–H and O–H groups in total. The number of fused-ring (bicyclic) bond motifs is 3. The standard InChI is InChI=1S/C30H36FN5O2/c1-21(2)19-36-20-23(27-22-9-4-6-11-25(22)33(3)28(27)30(36)38)29(37)32-13-8-14-34-15-17-35(18-16-34)26-12-7-5-10-24(26)31/h4-7,9-12,20-21H,8,13-19H2,1-3H3,(H,32,37). The van der Waals surface area contributed by atoms with Gasteiger partial charge >= 0.3 is 0 Å². The maximum Gasteiger partial charge on any atom is 0.275 e. The summed E-state index contributed by atoms with van der Waals surface area (Å²) in [6.07, 6.45) is 2.55. The first kappa shape index (κ1) is 26.0. The Balaban J connectivity index is 1.26. The number of nitrogens with one attached hydrogen (secondary N) is 1. The average molecular weight is 518 g/mol. The lowest BCUT2D eigenvalue weighted by Crippen LogP contribution is -2.47. The predicted octanol–water partition coefficient (Wildman–Crippen LogP) is 4.23. The molecule has 5 rings (SSSR count). The first-order valence-corrected chi connectivity index (χ1v) is 13.5. The molecule has 8 heteroatoms. The molecule has 200 valence electrons. The molecule has 7 nitrogen and oxygen atoms in total. The van der Waals surface area contributed by atoms with E-state index in [2.05, 4.69) is 29.0 Å². The number of hydrogen-bond donors (Lipinski definition) is 1. The third-order valence-electron chi connectivity index (χ3n) is 7.43. The van der Waals surface area contributed by atoms with Crippen LogP contribution in [0.25, 0.3) is 21.8 Å². The third kappa shape index (κ3) is 5.05. The number of amides is 1. The summed E-state index contributed by atoms with van der Waals surface area (Å²) in [6.45, 7) is 9.37. The van der Waals surface area contributed by atoms with Gasteiger partial charge in [-0.15, -0.1) is 0 Å². The van der Waals surface area contributed by atoms with Crippen LogP contribution < -0.4 is 15.8 Å². The number of carbonyl (C=O) groups excluding carboxylic acids is 1. The lowest BCUT2D eigenvalue weighted by atomic mass is 10.1. The van der Waals surface area contributed by atoms with Gasteiger partial charge < -0.3 is 19.4 Å².